The van der Waals surface area contributed by atoms with Crippen LogP contribution in [0.25, 0.3) is 0 Å². The number of aromatic hydroxyl groups is 2. The molecular formula is C18H24N12O2. The van der Waals surface area contributed by atoms with E-state index < -0.39 is 0 Å². The van der Waals surface area contributed by atoms with Crippen LogP contribution in [0.3, 0.4) is 0 Å². The van der Waals surface area contributed by atoms with Crippen LogP contribution in [0.2, 0.25) is 0 Å². The molecule has 14 heteroatoms. The Morgan fingerprint density at radius 3 is 0.688 bits per heavy atom. The maximum absolute atomic E-state index is 8.63. The highest BCUT2D eigenvalue weighted by Gasteiger charge is 1.94. The largest absolute Gasteiger partial charge is 0.508 e. The van der Waals surface area contributed by atoms with Gasteiger partial charge in [-0.05, 0) is 24.3 Å². The molecule has 2 heterocycles. The minimum absolute atomic E-state index is 0.0417. The first kappa shape index (κ1) is 24.9. The molecule has 0 unspecified atom stereocenters. The molecule has 2 aromatic carbocycles. The molecule has 14 N–H and O–H groups in total. The summed E-state index contributed by atoms with van der Waals surface area (Å²) in [5.74, 6) is 0.894. The average Bonchev–Trinajstić information content (AvgIpc) is 2.68. The van der Waals surface area contributed by atoms with Gasteiger partial charge in [-0.1, -0.05) is 36.4 Å². The van der Waals surface area contributed by atoms with Crippen molar-refractivity contribution in [2.45, 2.75) is 0 Å². The van der Waals surface area contributed by atoms with E-state index in [1.807, 2.05) is 12.1 Å². The molecule has 0 bridgehead atoms. The number of hydrogen-bond acceptors (Lipinski definition) is 14. The Bertz CT molecular complexity index is 880. The number of phenols is 2. The Balaban J connectivity index is 0.000000215. The van der Waals surface area contributed by atoms with E-state index in [2.05, 4.69) is 29.9 Å². The van der Waals surface area contributed by atoms with Gasteiger partial charge in [-0.3, -0.25) is 0 Å². The number of nitrogens with two attached hydrogens (primary N) is 6. The molecule has 0 radical (unpaired) electrons. The first-order chi connectivity index (χ1) is 15.2. The molecule has 0 saturated carbocycles. The van der Waals surface area contributed by atoms with Gasteiger partial charge in [0, 0.05) is 0 Å². The third-order valence-corrected chi connectivity index (χ3v) is 2.89. The molecule has 14 nitrogen and oxygen atoms in total. The Morgan fingerprint density at radius 2 is 0.562 bits per heavy atom. The van der Waals surface area contributed by atoms with Gasteiger partial charge in [0.05, 0.1) is 0 Å². The molecular weight excluding hydrogens is 416 g/mol. The summed E-state index contributed by atoms with van der Waals surface area (Å²) in [4.78, 5) is 20.9. The van der Waals surface area contributed by atoms with Crippen LogP contribution in [0.5, 0.6) is 11.5 Å². The number of nitrogens with zero attached hydrogens (tertiary/aromatic N) is 6. The molecule has 4 aromatic rings. The molecule has 0 aliphatic rings. The van der Waals surface area contributed by atoms with Crippen molar-refractivity contribution in [3.05, 3.63) is 60.7 Å². The van der Waals surface area contributed by atoms with Crippen molar-refractivity contribution in [3.63, 3.8) is 0 Å². The summed E-state index contributed by atoms with van der Waals surface area (Å²) in [5, 5.41) is 17.3. The topological polar surface area (TPSA) is 274 Å². The molecule has 0 saturated heterocycles. The number of benzene rings is 2. The number of nitrogen functional groups attached to an aromatic ring is 6. The third kappa shape index (κ3) is 11.6. The lowest BCUT2D eigenvalue weighted by molar-refractivity contribution is 0.475. The van der Waals surface area contributed by atoms with Gasteiger partial charge in [0.2, 0.25) is 35.7 Å². The highest BCUT2D eigenvalue weighted by atomic mass is 16.3. The lowest BCUT2D eigenvalue weighted by atomic mass is 10.3. The van der Waals surface area contributed by atoms with Crippen LogP contribution in [0.1, 0.15) is 0 Å². The van der Waals surface area contributed by atoms with Crippen molar-refractivity contribution in [2.24, 2.45) is 0 Å². The van der Waals surface area contributed by atoms with Crippen molar-refractivity contribution in [3.8, 4) is 11.5 Å². The SMILES string of the molecule is Nc1nc(N)nc(N)n1.Nc1nc(N)nc(N)n1.Oc1ccccc1.Oc1ccccc1. The first-order valence-corrected chi connectivity index (χ1v) is 8.68. The fraction of sp³-hybridized carbons (Fsp3) is 0. The van der Waals surface area contributed by atoms with E-state index in [4.69, 9.17) is 44.6 Å². The molecule has 0 aliphatic carbocycles. The predicted octanol–water partition coefficient (Wildman–Crippen LogP) is 0.0208. The van der Waals surface area contributed by atoms with Crippen LogP contribution in [-0.2, 0) is 0 Å². The Labute approximate surface area is 183 Å². The fourth-order valence-electron chi connectivity index (χ4n) is 1.71. The van der Waals surface area contributed by atoms with E-state index in [1.165, 1.54) is 0 Å². The first-order valence-electron chi connectivity index (χ1n) is 8.68. The molecule has 0 atom stereocenters. The zero-order valence-corrected chi connectivity index (χ0v) is 16.8. The van der Waals surface area contributed by atoms with Crippen LogP contribution in [0, 0.1) is 0 Å². The number of para-hydroxylation sites is 2. The van der Waals surface area contributed by atoms with Crippen molar-refractivity contribution in [1.29, 1.82) is 0 Å². The average molecular weight is 440 g/mol. The molecule has 2 aromatic heterocycles. The van der Waals surface area contributed by atoms with Gasteiger partial charge in [0.1, 0.15) is 11.5 Å². The Hall–Kier alpha value is -5.14. The quantitative estimate of drug-likeness (QED) is 0.179. The highest BCUT2D eigenvalue weighted by Crippen LogP contribution is 2.03. The number of rotatable bonds is 0. The maximum Gasteiger partial charge on any atom is 0.226 e. The van der Waals surface area contributed by atoms with Crippen molar-refractivity contribution >= 4 is 35.7 Å². The summed E-state index contributed by atoms with van der Waals surface area (Å²) in [6, 6.07) is 17.4. The second-order valence-corrected chi connectivity index (χ2v) is 5.49. The Kier molecular flexibility index (Phi) is 10.2. The fourth-order valence-corrected chi connectivity index (χ4v) is 1.71. The highest BCUT2D eigenvalue weighted by molar-refractivity contribution is 5.34. The normalized spacial score (nSPS) is 9.00. The summed E-state index contributed by atoms with van der Waals surface area (Å²) in [5.41, 5.74) is 30.8. The molecule has 0 spiro atoms. The second kappa shape index (κ2) is 13.2. The zero-order valence-electron chi connectivity index (χ0n) is 16.8. The van der Waals surface area contributed by atoms with Gasteiger partial charge in [-0.15, -0.1) is 0 Å². The van der Waals surface area contributed by atoms with E-state index in [0.717, 1.165) is 0 Å². The lowest BCUT2D eigenvalue weighted by Gasteiger charge is -1.93. The smallest absolute Gasteiger partial charge is 0.226 e. The lowest BCUT2D eigenvalue weighted by Crippen LogP contribution is -2.05. The van der Waals surface area contributed by atoms with E-state index in [-0.39, 0.29) is 35.7 Å². The number of aromatic nitrogens is 6. The summed E-state index contributed by atoms with van der Waals surface area (Å²) < 4.78 is 0. The van der Waals surface area contributed by atoms with Crippen molar-refractivity contribution < 1.29 is 10.2 Å². The maximum atomic E-state index is 8.63. The summed E-state index contributed by atoms with van der Waals surface area (Å²) >= 11 is 0. The minimum Gasteiger partial charge on any atom is -0.508 e. The van der Waals surface area contributed by atoms with Gasteiger partial charge >= 0.3 is 0 Å². The van der Waals surface area contributed by atoms with E-state index in [9.17, 15) is 0 Å². The van der Waals surface area contributed by atoms with Crippen LogP contribution in [0.15, 0.2) is 60.7 Å². The van der Waals surface area contributed by atoms with Crippen LogP contribution < -0.4 is 34.4 Å². The van der Waals surface area contributed by atoms with Gasteiger partial charge < -0.3 is 44.6 Å². The molecule has 0 fully saturated rings. The second-order valence-electron chi connectivity index (χ2n) is 5.49. The predicted molar refractivity (Wildman–Crippen MR) is 122 cm³/mol. The monoisotopic (exact) mass is 440 g/mol. The van der Waals surface area contributed by atoms with Crippen LogP contribution in [0.4, 0.5) is 35.7 Å². The summed E-state index contributed by atoms with van der Waals surface area (Å²) in [7, 11) is 0. The van der Waals surface area contributed by atoms with Gasteiger partial charge in [-0.25, -0.2) is 0 Å². The molecule has 4 rings (SSSR count). The van der Waals surface area contributed by atoms with E-state index in [1.54, 1.807) is 48.5 Å². The third-order valence-electron chi connectivity index (χ3n) is 2.89. The standard InChI is InChI=1S/2C6H6O.2C3H6N6/c2*7-6-4-2-1-3-5-6;2*4-1-7-2(5)9-3(6)8-1/h2*1-5,7H;2*(H6,4,5,6,7,8,9). The Morgan fingerprint density at radius 1 is 0.375 bits per heavy atom. The van der Waals surface area contributed by atoms with Crippen LogP contribution in [-0.4, -0.2) is 40.1 Å². The van der Waals surface area contributed by atoms with Gasteiger partial charge in [0.25, 0.3) is 0 Å². The molecule has 0 amide bonds. The molecule has 32 heavy (non-hydrogen) atoms. The minimum atomic E-state index is 0.0417. The summed E-state index contributed by atoms with van der Waals surface area (Å²) in [6.07, 6.45) is 0. The number of phenolic OH excluding ortho intramolecular Hbond substituents is 2. The number of hydrogen-bond donors (Lipinski definition) is 8. The zero-order chi connectivity index (χ0) is 23.9. The van der Waals surface area contributed by atoms with Gasteiger partial charge in [-0.2, -0.15) is 29.9 Å². The van der Waals surface area contributed by atoms with Crippen LogP contribution >= 0.6 is 0 Å². The summed E-state index contributed by atoms with van der Waals surface area (Å²) in [6.45, 7) is 0. The number of anilines is 6. The molecule has 168 valence electrons. The van der Waals surface area contributed by atoms with Crippen molar-refractivity contribution in [2.75, 3.05) is 34.4 Å². The van der Waals surface area contributed by atoms with Crippen molar-refractivity contribution in [1.82, 2.24) is 29.9 Å². The van der Waals surface area contributed by atoms with E-state index in [0.29, 0.717) is 11.5 Å². The molecule has 0 aliphatic heterocycles. The van der Waals surface area contributed by atoms with Gasteiger partial charge in [0.15, 0.2) is 0 Å². The van der Waals surface area contributed by atoms with E-state index >= 15 is 0 Å².